The van der Waals surface area contributed by atoms with Crippen LogP contribution in [0.3, 0.4) is 0 Å². The zero-order valence-electron chi connectivity index (χ0n) is 18.7. The van der Waals surface area contributed by atoms with E-state index in [-0.39, 0.29) is 22.1 Å². The zero-order valence-corrected chi connectivity index (χ0v) is 19.5. The molecule has 0 heterocycles. The first-order chi connectivity index (χ1) is 16.3. The van der Waals surface area contributed by atoms with Crippen LogP contribution in [0.1, 0.15) is 45.5 Å². The van der Waals surface area contributed by atoms with Gasteiger partial charge in [-0.1, -0.05) is 6.07 Å². The van der Waals surface area contributed by atoms with Crippen LogP contribution in [0, 0.1) is 0 Å². The average Bonchev–Trinajstić information content (AvgIpc) is 3.22. The Morgan fingerprint density at radius 2 is 1.54 bits per heavy atom. The molecule has 2 aromatic carbocycles. The fourth-order valence-corrected chi connectivity index (χ4v) is 4.40. The van der Waals surface area contributed by atoms with E-state index in [1.807, 2.05) is 0 Å². The summed E-state index contributed by atoms with van der Waals surface area (Å²) in [5.74, 6) is -1.79. The minimum absolute atomic E-state index is 0.0900. The molecule has 35 heavy (non-hydrogen) atoms. The average molecular weight is 512 g/mol. The van der Waals surface area contributed by atoms with Crippen LogP contribution >= 0.6 is 0 Å². The molecular formula is C23H24F3N3O5S. The maximum absolute atomic E-state index is 12.8. The molecule has 3 amide bonds. The van der Waals surface area contributed by atoms with Gasteiger partial charge in [-0.2, -0.15) is 13.2 Å². The third kappa shape index (κ3) is 7.04. The summed E-state index contributed by atoms with van der Waals surface area (Å²) in [7, 11) is -3.39. The van der Waals surface area contributed by atoms with Crippen molar-refractivity contribution in [3.05, 3.63) is 65.2 Å². The Morgan fingerprint density at radius 1 is 0.914 bits per heavy atom. The van der Waals surface area contributed by atoms with Crippen LogP contribution < -0.4 is 16.0 Å². The molecule has 0 radical (unpaired) electrons. The number of halogens is 3. The van der Waals surface area contributed by atoms with Gasteiger partial charge in [-0.25, -0.2) is 8.42 Å². The van der Waals surface area contributed by atoms with Gasteiger partial charge in [0.15, 0.2) is 9.84 Å². The van der Waals surface area contributed by atoms with Crippen molar-refractivity contribution in [2.24, 2.45) is 0 Å². The van der Waals surface area contributed by atoms with Gasteiger partial charge in [-0.3, -0.25) is 14.4 Å². The standard InChI is InChI=1S/C23H24F3N3O5S/c1-35(33,34)17-10-8-14(9-11-17)22(32)29-19-7-3-6-18(19)28-20(30)13-27-21(31)15-4-2-5-16(12-15)23(24,25)26/h2,4-5,8-12,18-19H,3,6-7,13H2,1H3,(H,27,31)(H,28,30)(H,29,32)/t18-,19-/m0/s1. The van der Waals surface area contributed by atoms with Gasteiger partial charge in [-0.15, -0.1) is 0 Å². The number of rotatable bonds is 7. The monoisotopic (exact) mass is 511 g/mol. The first kappa shape index (κ1) is 26.2. The number of sulfone groups is 1. The van der Waals surface area contributed by atoms with E-state index in [9.17, 15) is 36.0 Å². The zero-order chi connectivity index (χ0) is 25.8. The molecule has 3 rings (SSSR count). The van der Waals surface area contributed by atoms with E-state index in [2.05, 4.69) is 16.0 Å². The van der Waals surface area contributed by atoms with Gasteiger partial charge in [0.2, 0.25) is 5.91 Å². The van der Waals surface area contributed by atoms with E-state index in [0.29, 0.717) is 18.9 Å². The highest BCUT2D eigenvalue weighted by molar-refractivity contribution is 7.90. The van der Waals surface area contributed by atoms with Crippen molar-refractivity contribution in [2.45, 2.75) is 42.4 Å². The normalized spacial score (nSPS) is 18.1. The molecule has 188 valence electrons. The largest absolute Gasteiger partial charge is 0.416 e. The van der Waals surface area contributed by atoms with Crippen molar-refractivity contribution in [1.82, 2.24) is 16.0 Å². The lowest BCUT2D eigenvalue weighted by molar-refractivity contribution is -0.137. The molecule has 2 aromatic rings. The van der Waals surface area contributed by atoms with E-state index >= 15 is 0 Å². The Balaban J connectivity index is 1.53. The van der Waals surface area contributed by atoms with Gasteiger partial charge >= 0.3 is 6.18 Å². The molecule has 0 aromatic heterocycles. The molecule has 0 aliphatic heterocycles. The lowest BCUT2D eigenvalue weighted by atomic mass is 10.1. The molecular weight excluding hydrogens is 487 g/mol. The van der Waals surface area contributed by atoms with Crippen LogP contribution in [-0.4, -0.2) is 51.0 Å². The van der Waals surface area contributed by atoms with Crippen LogP contribution in [0.5, 0.6) is 0 Å². The Labute approximate surface area is 200 Å². The SMILES string of the molecule is CS(=O)(=O)c1ccc(C(=O)N[C@H]2CCC[C@@H]2NC(=O)CNC(=O)c2cccc(C(F)(F)F)c2)cc1. The maximum atomic E-state index is 12.8. The predicted molar refractivity (Wildman–Crippen MR) is 120 cm³/mol. The number of alkyl halides is 3. The number of nitrogens with one attached hydrogen (secondary N) is 3. The van der Waals surface area contributed by atoms with Gasteiger partial charge in [-0.05, 0) is 61.7 Å². The first-order valence-corrected chi connectivity index (χ1v) is 12.6. The van der Waals surface area contributed by atoms with Crippen molar-refractivity contribution in [3.63, 3.8) is 0 Å². The van der Waals surface area contributed by atoms with Crippen molar-refractivity contribution < 1.29 is 36.0 Å². The minimum atomic E-state index is -4.59. The molecule has 1 aliphatic carbocycles. The number of benzene rings is 2. The third-order valence-corrected chi connectivity index (χ3v) is 6.71. The van der Waals surface area contributed by atoms with Gasteiger partial charge in [0.25, 0.3) is 11.8 Å². The molecule has 1 fully saturated rings. The second kappa shape index (κ2) is 10.5. The van der Waals surface area contributed by atoms with E-state index in [1.165, 1.54) is 30.3 Å². The second-order valence-corrected chi connectivity index (χ2v) is 10.3. The van der Waals surface area contributed by atoms with E-state index < -0.39 is 51.9 Å². The highest BCUT2D eigenvalue weighted by Gasteiger charge is 2.32. The molecule has 0 spiro atoms. The van der Waals surface area contributed by atoms with Gasteiger partial charge in [0.05, 0.1) is 17.0 Å². The molecule has 3 N–H and O–H groups in total. The lowest BCUT2D eigenvalue weighted by Crippen LogP contribution is -2.50. The van der Waals surface area contributed by atoms with Crippen LogP contribution in [0.15, 0.2) is 53.4 Å². The Hall–Kier alpha value is -3.41. The maximum Gasteiger partial charge on any atom is 0.416 e. The third-order valence-electron chi connectivity index (χ3n) is 5.59. The fraction of sp³-hybridized carbons (Fsp3) is 0.348. The summed E-state index contributed by atoms with van der Waals surface area (Å²) in [6.07, 6.45) is -1.60. The van der Waals surface area contributed by atoms with Crippen molar-refractivity contribution >= 4 is 27.6 Å². The highest BCUT2D eigenvalue weighted by Crippen LogP contribution is 2.29. The summed E-state index contributed by atoms with van der Waals surface area (Å²) in [5.41, 5.74) is -0.923. The van der Waals surface area contributed by atoms with Gasteiger partial charge in [0, 0.05) is 29.5 Å². The lowest BCUT2D eigenvalue weighted by Gasteiger charge is -2.22. The summed E-state index contributed by atoms with van der Waals surface area (Å²) in [5, 5.41) is 7.85. The molecule has 12 heteroatoms. The smallest absolute Gasteiger partial charge is 0.350 e. The van der Waals surface area contributed by atoms with Crippen molar-refractivity contribution in [2.75, 3.05) is 12.8 Å². The fourth-order valence-electron chi connectivity index (χ4n) is 3.77. The number of amides is 3. The molecule has 0 unspecified atom stereocenters. The Morgan fingerprint density at radius 3 is 2.14 bits per heavy atom. The molecule has 2 atom stereocenters. The second-order valence-electron chi connectivity index (χ2n) is 8.24. The van der Waals surface area contributed by atoms with Crippen LogP contribution in [0.2, 0.25) is 0 Å². The number of carbonyl (C=O) groups excluding carboxylic acids is 3. The number of hydrogen-bond acceptors (Lipinski definition) is 5. The van der Waals surface area contributed by atoms with E-state index in [1.54, 1.807) is 0 Å². The summed E-state index contributed by atoms with van der Waals surface area (Å²) < 4.78 is 61.6. The minimum Gasteiger partial charge on any atom is -0.350 e. The summed E-state index contributed by atoms with van der Waals surface area (Å²) >= 11 is 0. The molecule has 1 saturated carbocycles. The molecule has 0 saturated heterocycles. The topological polar surface area (TPSA) is 121 Å². The Bertz CT molecular complexity index is 1210. The van der Waals surface area contributed by atoms with Crippen LogP contribution in [0.25, 0.3) is 0 Å². The van der Waals surface area contributed by atoms with Crippen molar-refractivity contribution in [1.29, 1.82) is 0 Å². The number of hydrogen-bond donors (Lipinski definition) is 3. The molecule has 1 aliphatic rings. The number of carbonyl (C=O) groups is 3. The Kier molecular flexibility index (Phi) is 7.83. The van der Waals surface area contributed by atoms with E-state index in [4.69, 9.17) is 0 Å². The van der Waals surface area contributed by atoms with E-state index in [0.717, 1.165) is 24.8 Å². The van der Waals surface area contributed by atoms with Gasteiger partial charge in [0.1, 0.15) is 0 Å². The highest BCUT2D eigenvalue weighted by atomic mass is 32.2. The molecule has 8 nitrogen and oxygen atoms in total. The van der Waals surface area contributed by atoms with Crippen LogP contribution in [-0.2, 0) is 20.8 Å². The quantitative estimate of drug-likeness (QED) is 0.527. The van der Waals surface area contributed by atoms with Gasteiger partial charge < -0.3 is 16.0 Å². The summed E-state index contributed by atoms with van der Waals surface area (Å²) in [4.78, 5) is 37.1. The van der Waals surface area contributed by atoms with Crippen LogP contribution in [0.4, 0.5) is 13.2 Å². The first-order valence-electron chi connectivity index (χ1n) is 10.7. The summed E-state index contributed by atoms with van der Waals surface area (Å²) in [6, 6.07) is 8.58. The predicted octanol–water partition coefficient (Wildman–Crippen LogP) is 2.31. The summed E-state index contributed by atoms with van der Waals surface area (Å²) in [6.45, 7) is -0.445. The molecule has 0 bridgehead atoms. The van der Waals surface area contributed by atoms with Crippen molar-refractivity contribution in [3.8, 4) is 0 Å².